The Morgan fingerprint density at radius 3 is 2.65 bits per heavy atom. The van der Waals surface area contributed by atoms with Crippen molar-refractivity contribution < 1.29 is 22.7 Å². The van der Waals surface area contributed by atoms with E-state index in [1.165, 1.54) is 23.5 Å². The molecule has 0 aliphatic carbocycles. The molecule has 0 fully saturated rings. The second-order valence-corrected chi connectivity index (χ2v) is 9.83. The average molecular weight is 459 g/mol. The highest BCUT2D eigenvalue weighted by Crippen LogP contribution is 2.32. The molecule has 4 rings (SSSR count). The Labute approximate surface area is 185 Å². The number of carbonyl (C=O) groups is 1. The molecule has 9 heteroatoms. The summed E-state index contributed by atoms with van der Waals surface area (Å²) in [6.07, 6.45) is 0. The summed E-state index contributed by atoms with van der Waals surface area (Å²) < 4.78 is 38.9. The van der Waals surface area contributed by atoms with E-state index in [9.17, 15) is 13.2 Å². The molecule has 1 aliphatic heterocycles. The minimum Gasteiger partial charge on any atom is -0.486 e. The van der Waals surface area contributed by atoms with Gasteiger partial charge in [0.1, 0.15) is 13.2 Å². The van der Waals surface area contributed by atoms with Crippen LogP contribution in [-0.4, -0.2) is 27.5 Å². The van der Waals surface area contributed by atoms with Crippen molar-refractivity contribution in [3.63, 3.8) is 0 Å². The monoisotopic (exact) mass is 458 g/mol. The number of hydrogen-bond donors (Lipinski definition) is 2. The normalized spacial score (nSPS) is 14.1. The summed E-state index contributed by atoms with van der Waals surface area (Å²) in [5.41, 5.74) is 1.13. The molecule has 1 aromatic heterocycles. The number of carbonyl (C=O) groups excluding carboxylic acids is 1. The molecule has 2 N–H and O–H groups in total. The van der Waals surface area contributed by atoms with Crippen molar-refractivity contribution >= 4 is 27.3 Å². The van der Waals surface area contributed by atoms with E-state index >= 15 is 0 Å². The van der Waals surface area contributed by atoms with Crippen LogP contribution < -0.4 is 19.5 Å². The molecule has 0 saturated heterocycles. The van der Waals surface area contributed by atoms with Gasteiger partial charge in [0.2, 0.25) is 10.0 Å². The number of ether oxygens (including phenoxy) is 2. The number of thiophene rings is 1. The van der Waals surface area contributed by atoms with E-state index < -0.39 is 10.0 Å². The SMILES string of the molecule is CC(NC(=O)c1cccc(S(=O)(=O)NCc2cccs2)c1)c1ccc2c(c1)OCCO2. The van der Waals surface area contributed by atoms with E-state index in [1.807, 2.05) is 42.6 Å². The quantitative estimate of drug-likeness (QED) is 0.565. The average Bonchev–Trinajstić information content (AvgIpc) is 3.31. The molecule has 1 amide bonds. The number of sulfonamides is 1. The zero-order chi connectivity index (χ0) is 21.8. The van der Waals surface area contributed by atoms with Gasteiger partial charge >= 0.3 is 0 Å². The van der Waals surface area contributed by atoms with Gasteiger partial charge in [0.05, 0.1) is 10.9 Å². The Hall–Kier alpha value is -2.88. The maximum atomic E-state index is 12.8. The van der Waals surface area contributed by atoms with Crippen molar-refractivity contribution in [2.75, 3.05) is 13.2 Å². The number of amides is 1. The first kappa shape index (κ1) is 21.4. The van der Waals surface area contributed by atoms with Gasteiger partial charge < -0.3 is 14.8 Å². The van der Waals surface area contributed by atoms with Crippen LogP contribution in [0.2, 0.25) is 0 Å². The molecular weight excluding hydrogens is 436 g/mol. The first-order chi connectivity index (χ1) is 14.9. The van der Waals surface area contributed by atoms with Gasteiger partial charge in [0, 0.05) is 17.0 Å². The third kappa shape index (κ3) is 5.07. The molecule has 7 nitrogen and oxygen atoms in total. The summed E-state index contributed by atoms with van der Waals surface area (Å²) in [5, 5.41) is 4.79. The molecule has 0 saturated carbocycles. The van der Waals surface area contributed by atoms with Crippen LogP contribution in [0.4, 0.5) is 0 Å². The highest BCUT2D eigenvalue weighted by molar-refractivity contribution is 7.89. The van der Waals surface area contributed by atoms with Gasteiger partial charge in [-0.15, -0.1) is 11.3 Å². The summed E-state index contributed by atoms with van der Waals surface area (Å²) in [6, 6.07) is 14.9. The van der Waals surface area contributed by atoms with Crippen molar-refractivity contribution in [3.05, 3.63) is 76.0 Å². The van der Waals surface area contributed by atoms with Crippen LogP contribution in [-0.2, 0) is 16.6 Å². The zero-order valence-electron chi connectivity index (χ0n) is 16.8. The van der Waals surface area contributed by atoms with E-state index in [0.717, 1.165) is 10.4 Å². The molecule has 0 bridgehead atoms. The predicted octanol–water partition coefficient (Wildman–Crippen LogP) is 3.49. The lowest BCUT2D eigenvalue weighted by Crippen LogP contribution is -2.27. The molecule has 1 aliphatic rings. The highest BCUT2D eigenvalue weighted by atomic mass is 32.2. The zero-order valence-corrected chi connectivity index (χ0v) is 18.5. The number of hydrogen-bond acceptors (Lipinski definition) is 6. The van der Waals surface area contributed by atoms with E-state index in [4.69, 9.17) is 9.47 Å². The molecule has 162 valence electrons. The van der Waals surface area contributed by atoms with Crippen LogP contribution >= 0.6 is 11.3 Å². The van der Waals surface area contributed by atoms with E-state index in [1.54, 1.807) is 12.1 Å². The van der Waals surface area contributed by atoms with Crippen LogP contribution in [0.15, 0.2) is 64.9 Å². The summed E-state index contributed by atoms with van der Waals surface area (Å²) in [5.74, 6) is 0.967. The molecule has 1 atom stereocenters. The fourth-order valence-corrected chi connectivity index (χ4v) is 4.95. The largest absolute Gasteiger partial charge is 0.486 e. The number of benzene rings is 2. The van der Waals surface area contributed by atoms with Gasteiger partial charge in [-0.25, -0.2) is 13.1 Å². The summed E-state index contributed by atoms with van der Waals surface area (Å²) >= 11 is 1.47. The second-order valence-electron chi connectivity index (χ2n) is 7.03. The lowest BCUT2D eigenvalue weighted by atomic mass is 10.1. The number of fused-ring (bicyclic) bond motifs is 1. The Morgan fingerprint density at radius 1 is 1.06 bits per heavy atom. The van der Waals surface area contributed by atoms with Crippen molar-refractivity contribution in [1.29, 1.82) is 0 Å². The maximum Gasteiger partial charge on any atom is 0.251 e. The van der Waals surface area contributed by atoms with Crippen LogP contribution in [0.3, 0.4) is 0 Å². The van der Waals surface area contributed by atoms with E-state index in [2.05, 4.69) is 10.0 Å². The highest BCUT2D eigenvalue weighted by Gasteiger charge is 2.19. The van der Waals surface area contributed by atoms with E-state index in [0.29, 0.717) is 24.7 Å². The third-order valence-corrected chi connectivity index (χ3v) is 7.11. The van der Waals surface area contributed by atoms with Gasteiger partial charge in [-0.05, 0) is 54.3 Å². The van der Waals surface area contributed by atoms with Crippen molar-refractivity contribution in [2.24, 2.45) is 0 Å². The van der Waals surface area contributed by atoms with Gasteiger partial charge in [0.15, 0.2) is 11.5 Å². The summed E-state index contributed by atoms with van der Waals surface area (Å²) in [7, 11) is -3.74. The molecular formula is C22H22N2O5S2. The van der Waals surface area contributed by atoms with Crippen molar-refractivity contribution in [1.82, 2.24) is 10.0 Å². The molecule has 2 aromatic carbocycles. The van der Waals surface area contributed by atoms with Crippen LogP contribution in [0.25, 0.3) is 0 Å². The minimum atomic E-state index is -3.74. The van der Waals surface area contributed by atoms with Gasteiger partial charge in [-0.2, -0.15) is 0 Å². The smallest absolute Gasteiger partial charge is 0.251 e. The van der Waals surface area contributed by atoms with Crippen LogP contribution in [0.5, 0.6) is 11.5 Å². The van der Waals surface area contributed by atoms with E-state index in [-0.39, 0.29) is 29.0 Å². The number of rotatable bonds is 7. The summed E-state index contributed by atoms with van der Waals surface area (Å²) in [4.78, 5) is 13.7. The fourth-order valence-electron chi connectivity index (χ4n) is 3.16. The maximum absolute atomic E-state index is 12.8. The Kier molecular flexibility index (Phi) is 6.26. The first-order valence-corrected chi connectivity index (χ1v) is 12.1. The second kappa shape index (κ2) is 9.09. The van der Waals surface area contributed by atoms with Gasteiger partial charge in [-0.1, -0.05) is 18.2 Å². The molecule has 0 radical (unpaired) electrons. The van der Waals surface area contributed by atoms with Crippen LogP contribution in [0, 0.1) is 0 Å². The molecule has 3 aromatic rings. The topological polar surface area (TPSA) is 93.7 Å². The van der Waals surface area contributed by atoms with Crippen LogP contribution in [0.1, 0.15) is 33.8 Å². The lowest BCUT2D eigenvalue weighted by molar-refractivity contribution is 0.0939. The van der Waals surface area contributed by atoms with Crippen molar-refractivity contribution in [2.45, 2.75) is 24.4 Å². The molecule has 31 heavy (non-hydrogen) atoms. The van der Waals surface area contributed by atoms with Gasteiger partial charge in [-0.3, -0.25) is 4.79 Å². The number of nitrogens with one attached hydrogen (secondary N) is 2. The van der Waals surface area contributed by atoms with Gasteiger partial charge in [0.25, 0.3) is 5.91 Å². The molecule has 0 spiro atoms. The first-order valence-electron chi connectivity index (χ1n) is 9.75. The summed E-state index contributed by atoms with van der Waals surface area (Å²) in [6.45, 7) is 3.06. The standard InChI is InChI=1S/C22H22N2O5S2/c1-15(16-7-8-20-21(13-16)29-10-9-28-20)24-22(25)17-4-2-6-19(12-17)31(26,27)23-14-18-5-3-11-30-18/h2-8,11-13,15,23H,9-10,14H2,1H3,(H,24,25). The Bertz CT molecular complexity index is 1180. The molecule has 2 heterocycles. The minimum absolute atomic E-state index is 0.0451. The van der Waals surface area contributed by atoms with Crippen molar-refractivity contribution in [3.8, 4) is 11.5 Å². The fraction of sp³-hybridized carbons (Fsp3) is 0.227. The molecule has 1 unspecified atom stereocenters. The predicted molar refractivity (Wildman–Crippen MR) is 118 cm³/mol. The Morgan fingerprint density at radius 2 is 1.87 bits per heavy atom. The third-order valence-electron chi connectivity index (χ3n) is 4.84. The Balaban J connectivity index is 1.45. The lowest BCUT2D eigenvalue weighted by Gasteiger charge is -2.21.